The molecular weight excluding hydrogens is 319 g/mol. The summed E-state index contributed by atoms with van der Waals surface area (Å²) < 4.78 is 13.1. The third-order valence-corrected chi connectivity index (χ3v) is 7.38. The lowest BCUT2D eigenvalue weighted by molar-refractivity contribution is -0.141. The monoisotopic (exact) mass is 338 g/mol. The summed E-state index contributed by atoms with van der Waals surface area (Å²) in [6.07, 6.45) is 7.37. The highest BCUT2D eigenvalue weighted by Gasteiger charge is 2.53. The van der Waals surface area contributed by atoms with E-state index in [-0.39, 0.29) is 11.2 Å². The molecule has 0 heterocycles. The van der Waals surface area contributed by atoms with Crippen LogP contribution >= 0.6 is 23.4 Å². The second-order valence-electron chi connectivity index (χ2n) is 7.48. The van der Waals surface area contributed by atoms with E-state index in [9.17, 15) is 9.18 Å². The van der Waals surface area contributed by atoms with E-state index in [1.165, 1.54) is 43.2 Å². The van der Waals surface area contributed by atoms with Crippen LogP contribution in [-0.2, 0) is 4.79 Å². The van der Waals surface area contributed by atoms with E-state index in [0.717, 1.165) is 41.9 Å². The minimum Gasteiger partial charge on any atom is -0.298 e. The standard InChI is InChI=1S/C18H20ClFOS/c19-15-6-14(20)1-2-16(15)22-10-17(21)18-7-11-3-12(8-18)5-13(4-11)9-18/h1-2,6,11-13H,3-5,7-10H2. The van der Waals surface area contributed by atoms with Gasteiger partial charge >= 0.3 is 0 Å². The quantitative estimate of drug-likeness (QED) is 0.688. The van der Waals surface area contributed by atoms with Gasteiger partial charge in [0.25, 0.3) is 0 Å². The third kappa shape index (κ3) is 2.60. The maximum atomic E-state index is 13.1. The van der Waals surface area contributed by atoms with Crippen LogP contribution in [0.2, 0.25) is 5.02 Å². The van der Waals surface area contributed by atoms with Crippen molar-refractivity contribution in [1.29, 1.82) is 0 Å². The van der Waals surface area contributed by atoms with Gasteiger partial charge < -0.3 is 0 Å². The molecule has 4 heteroatoms. The zero-order valence-corrected chi connectivity index (χ0v) is 14.1. The van der Waals surface area contributed by atoms with Crippen LogP contribution in [0.3, 0.4) is 0 Å². The van der Waals surface area contributed by atoms with Crippen LogP contribution in [0.15, 0.2) is 23.1 Å². The summed E-state index contributed by atoms with van der Waals surface area (Å²) in [6, 6.07) is 4.40. The Morgan fingerprint density at radius 1 is 1.18 bits per heavy atom. The zero-order chi connectivity index (χ0) is 15.3. The van der Waals surface area contributed by atoms with E-state index in [4.69, 9.17) is 11.6 Å². The van der Waals surface area contributed by atoms with Gasteiger partial charge in [0.15, 0.2) is 0 Å². The predicted octanol–water partition coefficient (Wildman–Crippen LogP) is 5.36. The Labute approximate surface area is 140 Å². The third-order valence-electron chi connectivity index (χ3n) is 5.88. The first-order valence-electron chi connectivity index (χ1n) is 8.15. The summed E-state index contributed by atoms with van der Waals surface area (Å²) in [5.74, 6) is 2.90. The molecule has 118 valence electrons. The van der Waals surface area contributed by atoms with Crippen LogP contribution < -0.4 is 0 Å². The molecule has 0 N–H and O–H groups in total. The summed E-state index contributed by atoms with van der Waals surface area (Å²) >= 11 is 7.52. The van der Waals surface area contributed by atoms with E-state index < -0.39 is 0 Å². The fourth-order valence-corrected chi connectivity index (χ4v) is 6.63. The Morgan fingerprint density at radius 3 is 2.32 bits per heavy atom. The van der Waals surface area contributed by atoms with Crippen LogP contribution in [0.4, 0.5) is 4.39 Å². The molecule has 0 aromatic heterocycles. The number of Topliss-reactive ketones (excluding diaryl/α,β-unsaturated/α-hetero) is 1. The van der Waals surface area contributed by atoms with Crippen LogP contribution in [0, 0.1) is 29.0 Å². The van der Waals surface area contributed by atoms with Crippen LogP contribution in [0.25, 0.3) is 0 Å². The van der Waals surface area contributed by atoms with Gasteiger partial charge in [-0.3, -0.25) is 4.79 Å². The van der Waals surface area contributed by atoms with Gasteiger partial charge in [-0.25, -0.2) is 4.39 Å². The molecule has 0 saturated heterocycles. The van der Waals surface area contributed by atoms with E-state index in [1.54, 1.807) is 6.07 Å². The number of carbonyl (C=O) groups excluding carboxylic acids is 1. The zero-order valence-electron chi connectivity index (χ0n) is 12.5. The molecule has 5 rings (SSSR count). The minimum atomic E-state index is -0.332. The Morgan fingerprint density at radius 2 is 1.77 bits per heavy atom. The molecule has 0 aliphatic heterocycles. The lowest BCUT2D eigenvalue weighted by Crippen LogP contribution is -2.50. The van der Waals surface area contributed by atoms with Gasteiger partial charge in [0.2, 0.25) is 0 Å². The number of carbonyl (C=O) groups is 1. The molecule has 4 aliphatic rings. The average molecular weight is 339 g/mol. The fourth-order valence-electron chi connectivity index (χ4n) is 5.34. The van der Waals surface area contributed by atoms with E-state index >= 15 is 0 Å². The van der Waals surface area contributed by atoms with Crippen molar-refractivity contribution in [2.75, 3.05) is 5.75 Å². The molecule has 0 atom stereocenters. The van der Waals surface area contributed by atoms with Crippen LogP contribution in [0.1, 0.15) is 38.5 Å². The van der Waals surface area contributed by atoms with Crippen molar-refractivity contribution in [1.82, 2.24) is 0 Å². The van der Waals surface area contributed by atoms with Crippen molar-refractivity contribution in [3.05, 3.63) is 29.0 Å². The van der Waals surface area contributed by atoms with Crippen LogP contribution in [-0.4, -0.2) is 11.5 Å². The molecule has 1 aromatic rings. The molecule has 4 fully saturated rings. The predicted molar refractivity (Wildman–Crippen MR) is 87.7 cm³/mol. The summed E-state index contributed by atoms with van der Waals surface area (Å²) in [4.78, 5) is 13.7. The molecule has 0 spiro atoms. The normalized spacial score (nSPS) is 35.8. The van der Waals surface area contributed by atoms with Crippen molar-refractivity contribution in [2.45, 2.75) is 43.4 Å². The Kier molecular flexibility index (Phi) is 3.77. The summed E-state index contributed by atoms with van der Waals surface area (Å²) in [7, 11) is 0. The maximum Gasteiger partial charge on any atom is 0.149 e. The topological polar surface area (TPSA) is 17.1 Å². The summed E-state index contributed by atoms with van der Waals surface area (Å²) in [5.41, 5.74) is -0.0474. The van der Waals surface area contributed by atoms with Gasteiger partial charge in [0.05, 0.1) is 10.8 Å². The lowest BCUT2D eigenvalue weighted by Gasteiger charge is -2.56. The smallest absolute Gasteiger partial charge is 0.149 e. The first kappa shape index (κ1) is 15.0. The second kappa shape index (κ2) is 5.52. The van der Waals surface area contributed by atoms with Gasteiger partial charge in [-0.1, -0.05) is 11.6 Å². The number of benzene rings is 1. The fraction of sp³-hybridized carbons (Fsp3) is 0.611. The highest BCUT2D eigenvalue weighted by atomic mass is 35.5. The highest BCUT2D eigenvalue weighted by molar-refractivity contribution is 8.00. The second-order valence-corrected chi connectivity index (χ2v) is 8.91. The molecule has 4 aliphatic carbocycles. The van der Waals surface area contributed by atoms with Crippen molar-refractivity contribution < 1.29 is 9.18 Å². The number of hydrogen-bond donors (Lipinski definition) is 0. The molecule has 0 amide bonds. The number of hydrogen-bond acceptors (Lipinski definition) is 2. The number of rotatable bonds is 4. The summed E-state index contributed by atoms with van der Waals surface area (Å²) in [6.45, 7) is 0. The number of ketones is 1. The van der Waals surface area contributed by atoms with Crippen molar-refractivity contribution in [2.24, 2.45) is 23.2 Å². The van der Waals surface area contributed by atoms with Crippen molar-refractivity contribution >= 4 is 29.1 Å². The molecule has 4 saturated carbocycles. The lowest BCUT2D eigenvalue weighted by atomic mass is 9.48. The summed E-state index contributed by atoms with van der Waals surface area (Å²) in [5, 5.41) is 0.406. The Balaban J connectivity index is 1.46. The number of halogens is 2. The molecule has 0 unspecified atom stereocenters. The molecule has 1 aromatic carbocycles. The van der Waals surface area contributed by atoms with Gasteiger partial charge in [0.1, 0.15) is 11.6 Å². The van der Waals surface area contributed by atoms with E-state index in [1.807, 2.05) is 0 Å². The first-order chi connectivity index (χ1) is 10.5. The van der Waals surface area contributed by atoms with Gasteiger partial charge in [-0.2, -0.15) is 0 Å². The minimum absolute atomic E-state index is 0.0474. The SMILES string of the molecule is O=C(CSc1ccc(F)cc1Cl)C12CC3CC(CC(C3)C1)C2. The van der Waals surface area contributed by atoms with Crippen molar-refractivity contribution in [3.8, 4) is 0 Å². The van der Waals surface area contributed by atoms with E-state index in [2.05, 4.69) is 0 Å². The number of thioether (sulfide) groups is 1. The average Bonchev–Trinajstić information content (AvgIpc) is 2.44. The van der Waals surface area contributed by atoms with Crippen molar-refractivity contribution in [3.63, 3.8) is 0 Å². The Bertz CT molecular complexity index is 580. The molecule has 0 radical (unpaired) electrons. The first-order valence-corrected chi connectivity index (χ1v) is 9.51. The van der Waals surface area contributed by atoms with Gasteiger partial charge in [0, 0.05) is 10.3 Å². The molecule has 1 nitrogen and oxygen atoms in total. The molecule has 4 bridgehead atoms. The van der Waals surface area contributed by atoms with Gasteiger partial charge in [-0.15, -0.1) is 11.8 Å². The molecular formula is C18H20ClFOS. The molecule has 22 heavy (non-hydrogen) atoms. The highest BCUT2D eigenvalue weighted by Crippen LogP contribution is 2.60. The largest absolute Gasteiger partial charge is 0.298 e. The maximum absolute atomic E-state index is 13.1. The Hall–Kier alpha value is -0.540. The van der Waals surface area contributed by atoms with E-state index in [0.29, 0.717) is 16.6 Å². The van der Waals surface area contributed by atoms with Crippen LogP contribution in [0.5, 0.6) is 0 Å². The van der Waals surface area contributed by atoms with Gasteiger partial charge in [-0.05, 0) is 74.5 Å².